The maximum absolute atomic E-state index is 12.0. The van der Waals surface area contributed by atoms with Crippen molar-refractivity contribution < 1.29 is 0 Å². The molecule has 0 aromatic carbocycles. The lowest BCUT2D eigenvalue weighted by atomic mass is 10.1. The molecule has 1 aliphatic heterocycles. The Morgan fingerprint density at radius 2 is 2.29 bits per heavy atom. The molecule has 0 bridgehead atoms. The Morgan fingerprint density at radius 1 is 1.41 bits per heavy atom. The first-order valence-electron chi connectivity index (χ1n) is 5.66. The van der Waals surface area contributed by atoms with Gasteiger partial charge in [0.15, 0.2) is 0 Å². The molecule has 0 saturated heterocycles. The lowest BCUT2D eigenvalue weighted by molar-refractivity contribution is 0.800. The van der Waals surface area contributed by atoms with Gasteiger partial charge in [-0.1, -0.05) is 0 Å². The third-order valence-corrected chi connectivity index (χ3v) is 3.88. The van der Waals surface area contributed by atoms with E-state index in [2.05, 4.69) is 20.7 Å². The first-order chi connectivity index (χ1) is 8.25. The summed E-state index contributed by atoms with van der Waals surface area (Å²) < 4.78 is 0. The fraction of sp³-hybridized carbons (Fsp3) is 0.333. The van der Waals surface area contributed by atoms with Crippen LogP contribution in [0.1, 0.15) is 17.5 Å². The van der Waals surface area contributed by atoms with E-state index in [0.717, 1.165) is 41.9 Å². The standard InChI is InChI=1S/C12H13N3OS/c1-7-5-17-6-9(7)11-14-10-8(12(16)15-11)3-2-4-13-10/h5-6H,2-4H2,1H3,(H2,13,14,15,16). The minimum atomic E-state index is -0.0113. The lowest BCUT2D eigenvalue weighted by Crippen LogP contribution is -2.24. The molecule has 0 radical (unpaired) electrons. The number of rotatable bonds is 1. The van der Waals surface area contributed by atoms with Gasteiger partial charge < -0.3 is 10.3 Å². The Hall–Kier alpha value is -1.62. The molecule has 2 N–H and O–H groups in total. The summed E-state index contributed by atoms with van der Waals surface area (Å²) >= 11 is 1.62. The topological polar surface area (TPSA) is 57.8 Å². The second-order valence-corrected chi connectivity index (χ2v) is 4.98. The summed E-state index contributed by atoms with van der Waals surface area (Å²) in [6.07, 6.45) is 1.81. The maximum Gasteiger partial charge on any atom is 0.256 e. The summed E-state index contributed by atoms with van der Waals surface area (Å²) in [5.41, 5.74) is 2.94. The summed E-state index contributed by atoms with van der Waals surface area (Å²) in [6.45, 7) is 2.92. The summed E-state index contributed by atoms with van der Waals surface area (Å²) in [5, 5.41) is 7.27. The summed E-state index contributed by atoms with van der Waals surface area (Å²) in [7, 11) is 0. The maximum atomic E-state index is 12.0. The highest BCUT2D eigenvalue weighted by atomic mass is 32.1. The van der Waals surface area contributed by atoms with Gasteiger partial charge in [-0.3, -0.25) is 4.79 Å². The van der Waals surface area contributed by atoms with E-state index in [1.54, 1.807) is 11.3 Å². The highest BCUT2D eigenvalue weighted by Gasteiger charge is 2.16. The van der Waals surface area contributed by atoms with Crippen LogP contribution >= 0.6 is 11.3 Å². The molecule has 0 atom stereocenters. The van der Waals surface area contributed by atoms with Gasteiger partial charge in [0.25, 0.3) is 5.56 Å². The van der Waals surface area contributed by atoms with Crippen molar-refractivity contribution in [1.82, 2.24) is 9.97 Å². The zero-order valence-corrected chi connectivity index (χ0v) is 10.4. The van der Waals surface area contributed by atoms with Gasteiger partial charge in [-0.2, -0.15) is 11.3 Å². The van der Waals surface area contributed by atoms with Crippen LogP contribution in [-0.4, -0.2) is 16.5 Å². The van der Waals surface area contributed by atoms with Crippen LogP contribution in [0, 0.1) is 6.92 Å². The highest BCUT2D eigenvalue weighted by molar-refractivity contribution is 7.08. The largest absolute Gasteiger partial charge is 0.370 e. The predicted molar refractivity (Wildman–Crippen MR) is 69.7 cm³/mol. The van der Waals surface area contributed by atoms with E-state index in [1.807, 2.05) is 12.3 Å². The molecule has 0 unspecified atom stereocenters. The van der Waals surface area contributed by atoms with Gasteiger partial charge in [0.1, 0.15) is 11.6 Å². The first-order valence-corrected chi connectivity index (χ1v) is 6.60. The molecule has 3 heterocycles. The monoisotopic (exact) mass is 247 g/mol. The number of nitrogens with zero attached hydrogens (tertiary/aromatic N) is 1. The molecule has 2 aromatic rings. The van der Waals surface area contributed by atoms with Gasteiger partial charge >= 0.3 is 0 Å². The SMILES string of the molecule is Cc1cscc1-c1nc2c(c(=O)[nH]1)CCCN2. The average Bonchev–Trinajstić information content (AvgIpc) is 2.75. The Bertz CT molecular complexity index is 614. The number of hydrogen-bond acceptors (Lipinski definition) is 4. The number of thiophene rings is 1. The number of hydrogen-bond donors (Lipinski definition) is 2. The van der Waals surface area contributed by atoms with Gasteiger partial charge in [0, 0.05) is 17.5 Å². The van der Waals surface area contributed by atoms with Crippen LogP contribution in [0.15, 0.2) is 15.6 Å². The van der Waals surface area contributed by atoms with Crippen molar-refractivity contribution in [1.29, 1.82) is 0 Å². The molecule has 0 amide bonds. The van der Waals surface area contributed by atoms with E-state index in [4.69, 9.17) is 0 Å². The zero-order chi connectivity index (χ0) is 11.8. The Balaban J connectivity index is 2.17. The van der Waals surface area contributed by atoms with Crippen molar-refractivity contribution >= 4 is 17.2 Å². The molecule has 0 spiro atoms. The second-order valence-electron chi connectivity index (χ2n) is 4.24. The molecular weight excluding hydrogens is 234 g/mol. The van der Waals surface area contributed by atoms with Crippen LogP contribution in [0.2, 0.25) is 0 Å². The third-order valence-electron chi connectivity index (χ3n) is 3.02. The van der Waals surface area contributed by atoms with Gasteiger partial charge in [0.2, 0.25) is 0 Å². The Morgan fingerprint density at radius 3 is 3.06 bits per heavy atom. The van der Waals surface area contributed by atoms with E-state index in [-0.39, 0.29) is 5.56 Å². The fourth-order valence-corrected chi connectivity index (χ4v) is 2.91. The molecule has 0 saturated carbocycles. The molecule has 1 aliphatic rings. The van der Waals surface area contributed by atoms with Gasteiger partial charge in [-0.25, -0.2) is 4.98 Å². The highest BCUT2D eigenvalue weighted by Crippen LogP contribution is 2.25. The zero-order valence-electron chi connectivity index (χ0n) is 9.54. The number of nitrogens with one attached hydrogen (secondary N) is 2. The minimum Gasteiger partial charge on any atom is -0.370 e. The number of aromatic amines is 1. The molecule has 0 fully saturated rings. The van der Waals surface area contributed by atoms with Crippen molar-refractivity contribution in [3.8, 4) is 11.4 Å². The quantitative estimate of drug-likeness (QED) is 0.812. The van der Waals surface area contributed by atoms with Gasteiger partial charge in [-0.15, -0.1) is 0 Å². The van der Waals surface area contributed by atoms with Crippen molar-refractivity contribution in [2.75, 3.05) is 11.9 Å². The van der Waals surface area contributed by atoms with Crippen molar-refractivity contribution in [2.45, 2.75) is 19.8 Å². The molecule has 3 rings (SSSR count). The summed E-state index contributed by atoms with van der Waals surface area (Å²) in [6, 6.07) is 0. The number of aromatic nitrogens is 2. The fourth-order valence-electron chi connectivity index (χ4n) is 2.08. The Kier molecular flexibility index (Phi) is 2.48. The third kappa shape index (κ3) is 1.76. The summed E-state index contributed by atoms with van der Waals surface area (Å²) in [4.78, 5) is 19.4. The number of H-pyrrole nitrogens is 1. The van der Waals surface area contributed by atoms with E-state index >= 15 is 0 Å². The normalized spacial score (nSPS) is 14.2. The number of fused-ring (bicyclic) bond motifs is 1. The Labute approximate surface area is 103 Å². The van der Waals surface area contributed by atoms with Crippen molar-refractivity contribution in [3.05, 3.63) is 32.2 Å². The van der Waals surface area contributed by atoms with E-state index in [0.29, 0.717) is 5.82 Å². The van der Waals surface area contributed by atoms with Crippen LogP contribution in [0.25, 0.3) is 11.4 Å². The van der Waals surface area contributed by atoms with Crippen molar-refractivity contribution in [3.63, 3.8) is 0 Å². The van der Waals surface area contributed by atoms with Crippen molar-refractivity contribution in [2.24, 2.45) is 0 Å². The molecule has 4 nitrogen and oxygen atoms in total. The molecular formula is C12H13N3OS. The first kappa shape index (κ1) is 10.5. The van der Waals surface area contributed by atoms with Crippen LogP contribution in [0.5, 0.6) is 0 Å². The van der Waals surface area contributed by atoms with Crippen LogP contribution in [0.3, 0.4) is 0 Å². The van der Waals surface area contributed by atoms with E-state index < -0.39 is 0 Å². The van der Waals surface area contributed by atoms with Crippen LogP contribution < -0.4 is 10.9 Å². The van der Waals surface area contributed by atoms with Gasteiger partial charge in [-0.05, 0) is 30.7 Å². The molecule has 88 valence electrons. The number of anilines is 1. The predicted octanol–water partition coefficient (Wildman–Crippen LogP) is 2.16. The molecule has 17 heavy (non-hydrogen) atoms. The minimum absolute atomic E-state index is 0.0113. The van der Waals surface area contributed by atoms with E-state index in [9.17, 15) is 4.79 Å². The summed E-state index contributed by atoms with van der Waals surface area (Å²) in [5.74, 6) is 1.42. The lowest BCUT2D eigenvalue weighted by Gasteiger charge is -2.16. The average molecular weight is 247 g/mol. The van der Waals surface area contributed by atoms with Crippen LogP contribution in [-0.2, 0) is 6.42 Å². The molecule has 2 aromatic heterocycles. The van der Waals surface area contributed by atoms with Crippen LogP contribution in [0.4, 0.5) is 5.82 Å². The van der Waals surface area contributed by atoms with Gasteiger partial charge in [0.05, 0.1) is 5.56 Å². The van der Waals surface area contributed by atoms with E-state index in [1.165, 1.54) is 0 Å². The smallest absolute Gasteiger partial charge is 0.256 e. The number of aryl methyl sites for hydroxylation is 1. The molecule has 0 aliphatic carbocycles. The second kappa shape index (κ2) is 4.00. The molecule has 5 heteroatoms.